The minimum Gasteiger partial charge on any atom is -0.392 e. The Labute approximate surface area is 96.8 Å². The predicted molar refractivity (Wildman–Crippen MR) is 61.2 cm³/mol. The molecule has 0 saturated carbocycles. The number of hydrogen-bond acceptors (Lipinski definition) is 4. The van der Waals surface area contributed by atoms with E-state index in [2.05, 4.69) is 5.32 Å². The van der Waals surface area contributed by atoms with Crippen LogP contribution in [0, 0.1) is 0 Å². The van der Waals surface area contributed by atoms with Crippen molar-refractivity contribution in [1.82, 2.24) is 10.2 Å². The summed E-state index contributed by atoms with van der Waals surface area (Å²) in [5.41, 5.74) is 0. The Bertz CT molecular complexity index is 215. The standard InChI is InChI=1S/C11H22N2O3/c1-9(14)7-13(2)8-11(15)12-10-3-5-16-6-4-10/h9-10,14H,3-8H2,1-2H3,(H,12,15). The Balaban J connectivity index is 2.18. The topological polar surface area (TPSA) is 61.8 Å². The minimum absolute atomic E-state index is 0.0232. The summed E-state index contributed by atoms with van der Waals surface area (Å²) in [4.78, 5) is 13.4. The van der Waals surface area contributed by atoms with Crippen LogP contribution in [0.2, 0.25) is 0 Å². The van der Waals surface area contributed by atoms with Gasteiger partial charge in [-0.1, -0.05) is 0 Å². The number of likely N-dealkylation sites (N-methyl/N-ethyl adjacent to an activating group) is 1. The van der Waals surface area contributed by atoms with Crippen molar-refractivity contribution in [2.45, 2.75) is 31.9 Å². The fourth-order valence-electron chi connectivity index (χ4n) is 1.88. The normalized spacial score (nSPS) is 19.8. The second-order valence-corrected chi connectivity index (χ2v) is 4.50. The van der Waals surface area contributed by atoms with Gasteiger partial charge in [0.1, 0.15) is 0 Å². The van der Waals surface area contributed by atoms with Gasteiger partial charge in [-0.05, 0) is 26.8 Å². The van der Waals surface area contributed by atoms with E-state index >= 15 is 0 Å². The second kappa shape index (κ2) is 6.83. The molecular weight excluding hydrogens is 208 g/mol. The molecule has 0 bridgehead atoms. The van der Waals surface area contributed by atoms with Crippen molar-refractivity contribution in [3.8, 4) is 0 Å². The Kier molecular flexibility index (Phi) is 5.73. The Morgan fingerprint density at radius 3 is 2.75 bits per heavy atom. The van der Waals surface area contributed by atoms with Crippen molar-refractivity contribution in [1.29, 1.82) is 0 Å². The minimum atomic E-state index is -0.402. The highest BCUT2D eigenvalue weighted by Crippen LogP contribution is 2.05. The van der Waals surface area contributed by atoms with Gasteiger partial charge in [-0.25, -0.2) is 0 Å². The first-order valence-corrected chi connectivity index (χ1v) is 5.81. The van der Waals surface area contributed by atoms with Crippen molar-refractivity contribution in [3.63, 3.8) is 0 Å². The molecule has 0 radical (unpaired) electrons. The van der Waals surface area contributed by atoms with E-state index in [1.807, 2.05) is 11.9 Å². The summed E-state index contributed by atoms with van der Waals surface area (Å²) >= 11 is 0. The van der Waals surface area contributed by atoms with E-state index in [-0.39, 0.29) is 11.9 Å². The molecule has 0 spiro atoms. The van der Waals surface area contributed by atoms with Gasteiger partial charge in [0, 0.05) is 25.8 Å². The van der Waals surface area contributed by atoms with E-state index in [1.54, 1.807) is 6.92 Å². The molecular formula is C11H22N2O3. The summed E-state index contributed by atoms with van der Waals surface area (Å²) < 4.78 is 5.22. The van der Waals surface area contributed by atoms with Crippen LogP contribution in [0.4, 0.5) is 0 Å². The fourth-order valence-corrected chi connectivity index (χ4v) is 1.88. The summed E-state index contributed by atoms with van der Waals surface area (Å²) in [6.07, 6.45) is 1.39. The molecule has 1 aliphatic heterocycles. The van der Waals surface area contributed by atoms with Crippen molar-refractivity contribution >= 4 is 5.91 Å². The first kappa shape index (κ1) is 13.4. The smallest absolute Gasteiger partial charge is 0.234 e. The van der Waals surface area contributed by atoms with Crippen molar-refractivity contribution < 1.29 is 14.6 Å². The number of carbonyl (C=O) groups is 1. The number of ether oxygens (including phenoxy) is 1. The van der Waals surface area contributed by atoms with E-state index in [0.29, 0.717) is 13.1 Å². The third-order valence-electron chi connectivity index (χ3n) is 2.58. The first-order chi connectivity index (χ1) is 7.58. The van der Waals surface area contributed by atoms with Gasteiger partial charge in [0.15, 0.2) is 0 Å². The Hall–Kier alpha value is -0.650. The highest BCUT2D eigenvalue weighted by atomic mass is 16.5. The number of rotatable bonds is 5. The molecule has 0 aliphatic carbocycles. The van der Waals surface area contributed by atoms with Gasteiger partial charge in [-0.2, -0.15) is 0 Å². The van der Waals surface area contributed by atoms with Crippen LogP contribution in [0.25, 0.3) is 0 Å². The molecule has 0 aromatic rings. The number of carbonyl (C=O) groups excluding carboxylic acids is 1. The van der Waals surface area contributed by atoms with E-state index in [1.165, 1.54) is 0 Å². The summed E-state index contributed by atoms with van der Waals surface area (Å²) in [6, 6.07) is 0.251. The van der Waals surface area contributed by atoms with Gasteiger partial charge in [-0.3, -0.25) is 9.69 Å². The van der Waals surface area contributed by atoms with Crippen LogP contribution in [-0.2, 0) is 9.53 Å². The molecule has 5 heteroatoms. The van der Waals surface area contributed by atoms with Gasteiger partial charge in [0.25, 0.3) is 0 Å². The molecule has 0 aromatic carbocycles. The van der Waals surface area contributed by atoms with Crippen LogP contribution < -0.4 is 5.32 Å². The lowest BCUT2D eigenvalue weighted by atomic mass is 10.1. The maximum absolute atomic E-state index is 11.6. The van der Waals surface area contributed by atoms with E-state index in [4.69, 9.17) is 9.84 Å². The molecule has 2 N–H and O–H groups in total. The molecule has 1 heterocycles. The molecule has 1 amide bonds. The maximum atomic E-state index is 11.6. The number of hydrogen-bond donors (Lipinski definition) is 2. The second-order valence-electron chi connectivity index (χ2n) is 4.50. The molecule has 16 heavy (non-hydrogen) atoms. The van der Waals surface area contributed by atoms with Gasteiger partial charge in [0.2, 0.25) is 5.91 Å². The van der Waals surface area contributed by atoms with Gasteiger partial charge in [-0.15, -0.1) is 0 Å². The van der Waals surface area contributed by atoms with Crippen LogP contribution in [-0.4, -0.2) is 61.4 Å². The van der Waals surface area contributed by atoms with Crippen LogP contribution in [0.15, 0.2) is 0 Å². The molecule has 1 fully saturated rings. The molecule has 1 rings (SSSR count). The Morgan fingerprint density at radius 2 is 2.19 bits per heavy atom. The van der Waals surface area contributed by atoms with Crippen molar-refractivity contribution in [2.75, 3.05) is 33.4 Å². The zero-order chi connectivity index (χ0) is 12.0. The third-order valence-corrected chi connectivity index (χ3v) is 2.58. The number of amides is 1. The van der Waals surface area contributed by atoms with Gasteiger partial charge in [0.05, 0.1) is 12.6 Å². The zero-order valence-electron chi connectivity index (χ0n) is 10.1. The summed E-state index contributed by atoms with van der Waals surface area (Å²) in [6.45, 7) is 4.03. The quantitative estimate of drug-likeness (QED) is 0.674. The molecule has 94 valence electrons. The first-order valence-electron chi connectivity index (χ1n) is 5.81. The third kappa shape index (κ3) is 5.44. The Morgan fingerprint density at radius 1 is 1.56 bits per heavy atom. The SMILES string of the molecule is CC(O)CN(C)CC(=O)NC1CCOCC1. The summed E-state index contributed by atoms with van der Waals surface area (Å²) in [7, 11) is 1.83. The van der Waals surface area contributed by atoms with Crippen LogP contribution >= 0.6 is 0 Å². The van der Waals surface area contributed by atoms with Crippen molar-refractivity contribution in [3.05, 3.63) is 0 Å². The molecule has 1 aliphatic rings. The van der Waals surface area contributed by atoms with E-state index < -0.39 is 6.10 Å². The lowest BCUT2D eigenvalue weighted by molar-refractivity contribution is -0.123. The number of aliphatic hydroxyl groups is 1. The van der Waals surface area contributed by atoms with Gasteiger partial charge < -0.3 is 15.2 Å². The number of nitrogens with one attached hydrogen (secondary N) is 1. The number of aliphatic hydroxyl groups excluding tert-OH is 1. The summed E-state index contributed by atoms with van der Waals surface area (Å²) in [5.74, 6) is 0.0232. The summed E-state index contributed by atoms with van der Waals surface area (Å²) in [5, 5.41) is 12.1. The fraction of sp³-hybridized carbons (Fsp3) is 0.909. The molecule has 5 nitrogen and oxygen atoms in total. The maximum Gasteiger partial charge on any atom is 0.234 e. The molecule has 0 aromatic heterocycles. The van der Waals surface area contributed by atoms with E-state index in [0.717, 1.165) is 26.1 Å². The average molecular weight is 230 g/mol. The van der Waals surface area contributed by atoms with Crippen LogP contribution in [0.5, 0.6) is 0 Å². The predicted octanol–water partition coefficient (Wildman–Crippen LogP) is -0.406. The van der Waals surface area contributed by atoms with E-state index in [9.17, 15) is 4.79 Å². The van der Waals surface area contributed by atoms with Crippen molar-refractivity contribution in [2.24, 2.45) is 0 Å². The monoisotopic (exact) mass is 230 g/mol. The van der Waals surface area contributed by atoms with Gasteiger partial charge >= 0.3 is 0 Å². The molecule has 1 saturated heterocycles. The average Bonchev–Trinajstić information content (AvgIpc) is 2.17. The largest absolute Gasteiger partial charge is 0.392 e. The lowest BCUT2D eigenvalue weighted by Crippen LogP contribution is -2.44. The highest BCUT2D eigenvalue weighted by molar-refractivity contribution is 5.78. The molecule has 1 atom stereocenters. The zero-order valence-corrected chi connectivity index (χ0v) is 10.1. The highest BCUT2D eigenvalue weighted by Gasteiger charge is 2.17. The number of nitrogens with zero attached hydrogens (tertiary/aromatic N) is 1. The molecule has 1 unspecified atom stereocenters. The van der Waals surface area contributed by atoms with Crippen LogP contribution in [0.1, 0.15) is 19.8 Å². The lowest BCUT2D eigenvalue weighted by Gasteiger charge is -2.24. The van der Waals surface area contributed by atoms with Crippen LogP contribution in [0.3, 0.4) is 0 Å².